The maximum atomic E-state index is 11.8. The maximum absolute atomic E-state index is 11.8. The summed E-state index contributed by atoms with van der Waals surface area (Å²) >= 11 is 0. The minimum Gasteiger partial charge on any atom is -0.481 e. The van der Waals surface area contributed by atoms with Crippen molar-refractivity contribution in [3.05, 3.63) is 11.6 Å². The van der Waals surface area contributed by atoms with E-state index in [2.05, 4.69) is 4.74 Å². The summed E-state index contributed by atoms with van der Waals surface area (Å²) in [5, 5.41) is 7.42. The Morgan fingerprint density at radius 2 is 1.67 bits per heavy atom. The lowest BCUT2D eigenvalue weighted by Crippen LogP contribution is -2.28. The smallest absolute Gasteiger partial charge is 0.481 e. The van der Waals surface area contributed by atoms with Crippen LogP contribution >= 0.6 is 0 Å². The Labute approximate surface area is 119 Å². The summed E-state index contributed by atoms with van der Waals surface area (Å²) < 4.78 is 43.9. The number of carboxylic acids is 1. The first-order valence-corrected chi connectivity index (χ1v) is 5.79. The van der Waals surface area contributed by atoms with Crippen LogP contribution in [0.15, 0.2) is 11.6 Å². The summed E-state index contributed by atoms with van der Waals surface area (Å²) in [6.45, 7) is 4.98. The van der Waals surface area contributed by atoms with E-state index in [4.69, 9.17) is 14.6 Å². The molecular weight excluding hydrogens is 297 g/mol. The second-order valence-corrected chi connectivity index (χ2v) is 3.57. The fraction of sp³-hybridized carbons (Fsp3) is 0.583. The predicted molar refractivity (Wildman–Crippen MR) is 65.3 cm³/mol. The molecule has 0 bridgehead atoms. The molecule has 0 atom stereocenters. The summed E-state index contributed by atoms with van der Waals surface area (Å²) in [5.74, 6) is -4.65. The van der Waals surface area contributed by atoms with Gasteiger partial charge in [0.25, 0.3) is 5.97 Å². The number of hydrogen-bond acceptors (Lipinski definition) is 5. The van der Waals surface area contributed by atoms with Gasteiger partial charge in [0.15, 0.2) is 0 Å². The lowest BCUT2D eigenvalue weighted by molar-refractivity contribution is -0.200. The Morgan fingerprint density at radius 3 is 2.05 bits per heavy atom. The molecule has 0 aromatic heterocycles. The lowest BCUT2D eigenvalue weighted by Gasteiger charge is -2.05. The minimum absolute atomic E-state index is 0.0673. The molecule has 122 valence electrons. The number of rotatable bonds is 5. The van der Waals surface area contributed by atoms with Crippen molar-refractivity contribution in [2.75, 3.05) is 13.2 Å². The maximum Gasteiger partial charge on any atom is 0.491 e. The highest BCUT2D eigenvalue weighted by molar-refractivity contribution is 5.97. The number of alkyl halides is 3. The minimum atomic E-state index is -5.17. The van der Waals surface area contributed by atoms with E-state index >= 15 is 0 Å². The van der Waals surface area contributed by atoms with Crippen molar-refractivity contribution in [2.24, 2.45) is 0 Å². The third-order valence-electron chi connectivity index (χ3n) is 1.66. The van der Waals surface area contributed by atoms with Crippen LogP contribution in [0.4, 0.5) is 13.2 Å². The monoisotopic (exact) mass is 314 g/mol. The Morgan fingerprint density at radius 1 is 1.19 bits per heavy atom. The summed E-state index contributed by atoms with van der Waals surface area (Å²) in [7, 11) is 0. The van der Waals surface area contributed by atoms with Crippen LogP contribution in [0, 0.1) is 0 Å². The number of carbonyl (C=O) groups excluding carboxylic acids is 2. The molecule has 0 unspecified atom stereocenters. The first-order chi connectivity index (χ1) is 9.52. The number of aliphatic carboxylic acids is 1. The molecule has 0 saturated carbocycles. The number of halogens is 3. The molecule has 0 saturated heterocycles. The van der Waals surface area contributed by atoms with Gasteiger partial charge >= 0.3 is 18.1 Å². The van der Waals surface area contributed by atoms with Crippen molar-refractivity contribution in [3.8, 4) is 0 Å². The van der Waals surface area contributed by atoms with Crippen LogP contribution in [0.1, 0.15) is 27.2 Å². The molecule has 0 aromatic carbocycles. The van der Waals surface area contributed by atoms with Crippen LogP contribution in [0.5, 0.6) is 0 Å². The highest BCUT2D eigenvalue weighted by atomic mass is 19.4. The van der Waals surface area contributed by atoms with Crippen molar-refractivity contribution in [3.63, 3.8) is 0 Å². The zero-order valence-electron chi connectivity index (χ0n) is 11.8. The Balaban J connectivity index is 0. The van der Waals surface area contributed by atoms with Gasteiger partial charge in [0.2, 0.25) is 0 Å². The van der Waals surface area contributed by atoms with Gasteiger partial charge in [0.05, 0.1) is 6.61 Å². The molecule has 0 heterocycles. The topological polar surface area (TPSA) is 89.9 Å². The van der Waals surface area contributed by atoms with Crippen LogP contribution in [0.25, 0.3) is 0 Å². The summed E-state index contributed by atoms with van der Waals surface area (Å²) in [4.78, 5) is 30.3. The third kappa shape index (κ3) is 14.3. The first kappa shape index (κ1) is 21.4. The molecule has 0 aromatic rings. The average Bonchev–Trinajstić information content (AvgIpc) is 2.32. The zero-order chi connectivity index (χ0) is 17.1. The Kier molecular flexibility index (Phi) is 11.0. The molecule has 0 amide bonds. The van der Waals surface area contributed by atoms with Gasteiger partial charge in [0.1, 0.15) is 0 Å². The SMILES string of the molecule is CC(=O)O.CCOCCC=C(C)C(=O)OC(=O)C(F)(F)F. The van der Waals surface area contributed by atoms with E-state index < -0.39 is 24.1 Å². The zero-order valence-corrected chi connectivity index (χ0v) is 11.8. The molecule has 0 fully saturated rings. The number of carbonyl (C=O) groups is 3. The van der Waals surface area contributed by atoms with E-state index in [9.17, 15) is 22.8 Å². The summed E-state index contributed by atoms with van der Waals surface area (Å²) in [5.41, 5.74) is -0.0673. The Bertz CT molecular complexity index is 383. The van der Waals surface area contributed by atoms with E-state index in [0.717, 1.165) is 6.92 Å². The number of carboxylic acid groups (broad SMARTS) is 1. The average molecular weight is 314 g/mol. The summed E-state index contributed by atoms with van der Waals surface area (Å²) in [6.07, 6.45) is -3.46. The molecule has 0 aliphatic carbocycles. The lowest BCUT2D eigenvalue weighted by atomic mass is 10.2. The van der Waals surface area contributed by atoms with Gasteiger partial charge in [-0.2, -0.15) is 13.2 Å². The highest BCUT2D eigenvalue weighted by Crippen LogP contribution is 2.17. The van der Waals surface area contributed by atoms with Crippen molar-refractivity contribution in [1.29, 1.82) is 0 Å². The van der Waals surface area contributed by atoms with Gasteiger partial charge in [-0.25, -0.2) is 9.59 Å². The van der Waals surface area contributed by atoms with Crippen molar-refractivity contribution in [1.82, 2.24) is 0 Å². The first-order valence-electron chi connectivity index (χ1n) is 5.79. The van der Waals surface area contributed by atoms with E-state index in [1.54, 1.807) is 6.92 Å². The van der Waals surface area contributed by atoms with Gasteiger partial charge in [-0.05, 0) is 20.3 Å². The highest BCUT2D eigenvalue weighted by Gasteiger charge is 2.42. The van der Waals surface area contributed by atoms with Gasteiger partial charge < -0.3 is 14.6 Å². The van der Waals surface area contributed by atoms with Gasteiger partial charge in [-0.3, -0.25) is 4.79 Å². The second-order valence-electron chi connectivity index (χ2n) is 3.57. The molecule has 6 nitrogen and oxygen atoms in total. The number of ether oxygens (including phenoxy) is 2. The van der Waals surface area contributed by atoms with Crippen LogP contribution < -0.4 is 0 Å². The van der Waals surface area contributed by atoms with Gasteiger partial charge in [-0.15, -0.1) is 0 Å². The molecule has 0 rings (SSSR count). The van der Waals surface area contributed by atoms with E-state index in [-0.39, 0.29) is 5.57 Å². The van der Waals surface area contributed by atoms with Crippen LogP contribution in [-0.2, 0) is 23.9 Å². The van der Waals surface area contributed by atoms with Crippen LogP contribution in [0.2, 0.25) is 0 Å². The summed E-state index contributed by atoms with van der Waals surface area (Å²) in [6, 6.07) is 0. The molecule has 0 aliphatic rings. The van der Waals surface area contributed by atoms with E-state index in [1.165, 1.54) is 13.0 Å². The van der Waals surface area contributed by atoms with Gasteiger partial charge in [-0.1, -0.05) is 6.08 Å². The van der Waals surface area contributed by atoms with Gasteiger partial charge in [0, 0.05) is 19.1 Å². The van der Waals surface area contributed by atoms with Crippen molar-refractivity contribution >= 4 is 17.9 Å². The molecule has 1 N–H and O–H groups in total. The molecule has 0 aliphatic heterocycles. The number of esters is 2. The quantitative estimate of drug-likeness (QED) is 0.362. The van der Waals surface area contributed by atoms with Crippen molar-refractivity contribution in [2.45, 2.75) is 33.4 Å². The Hall–Kier alpha value is -1.90. The molecule has 9 heteroatoms. The van der Waals surface area contributed by atoms with E-state index in [1.807, 2.05) is 0 Å². The fourth-order valence-electron chi connectivity index (χ4n) is 0.809. The molecule has 21 heavy (non-hydrogen) atoms. The van der Waals surface area contributed by atoms with E-state index in [0.29, 0.717) is 19.6 Å². The predicted octanol–water partition coefficient (Wildman–Crippen LogP) is 2.08. The molecule has 0 radical (unpaired) electrons. The largest absolute Gasteiger partial charge is 0.491 e. The second kappa shape index (κ2) is 10.8. The normalized spacial score (nSPS) is 11.2. The third-order valence-corrected chi connectivity index (χ3v) is 1.66. The number of hydrogen-bond donors (Lipinski definition) is 1. The molecule has 0 spiro atoms. The fourth-order valence-corrected chi connectivity index (χ4v) is 0.809. The van der Waals surface area contributed by atoms with Crippen LogP contribution in [0.3, 0.4) is 0 Å². The molecular formula is C12H17F3O6. The standard InChI is InChI=1S/C10H13F3O4.C2H4O2/c1-3-16-6-4-5-7(2)8(14)17-9(15)10(11,12)13;1-2(3)4/h5H,3-4,6H2,1-2H3;1H3,(H,3,4). The van der Waals surface area contributed by atoms with Crippen LogP contribution in [-0.4, -0.2) is 42.4 Å². The van der Waals surface area contributed by atoms with Crippen molar-refractivity contribution < 1.29 is 42.1 Å².